The number of alkyl halides is 3. The second kappa shape index (κ2) is 7.15. The van der Waals surface area contributed by atoms with Gasteiger partial charge in [-0.25, -0.2) is 0 Å². The molecule has 0 bridgehead atoms. The Kier molecular flexibility index (Phi) is 4.99. The third kappa shape index (κ3) is 4.50. The van der Waals surface area contributed by atoms with E-state index in [9.17, 15) is 18.0 Å². The molecule has 4 nitrogen and oxygen atoms in total. The number of halogens is 3. The quantitative estimate of drug-likeness (QED) is 0.739. The zero-order chi connectivity index (χ0) is 19.2. The maximum absolute atomic E-state index is 13.0. The van der Waals surface area contributed by atoms with Crippen LogP contribution in [-0.4, -0.2) is 47.6 Å². The smallest absolute Gasteiger partial charge is 0.393 e. The molecule has 4 rings (SSSR count). The predicted octanol–water partition coefficient (Wildman–Crippen LogP) is 4.17. The Bertz CT molecular complexity index is 683. The first-order valence-corrected chi connectivity index (χ1v) is 9.98. The Morgan fingerprint density at radius 3 is 2.67 bits per heavy atom. The van der Waals surface area contributed by atoms with Crippen molar-refractivity contribution in [1.29, 1.82) is 0 Å². The van der Waals surface area contributed by atoms with Gasteiger partial charge in [-0.05, 0) is 50.2 Å². The first-order valence-electron chi connectivity index (χ1n) is 9.98. The van der Waals surface area contributed by atoms with Crippen molar-refractivity contribution in [3.05, 3.63) is 23.7 Å². The van der Waals surface area contributed by atoms with Gasteiger partial charge in [0, 0.05) is 25.0 Å². The average molecular weight is 384 g/mol. The van der Waals surface area contributed by atoms with Gasteiger partial charge in [-0.1, -0.05) is 6.92 Å². The molecular formula is C20H27F3N2O2. The molecule has 0 N–H and O–H groups in total. The average Bonchev–Trinajstić information content (AvgIpc) is 3.54. The maximum Gasteiger partial charge on any atom is 0.393 e. The van der Waals surface area contributed by atoms with Gasteiger partial charge in [-0.3, -0.25) is 9.69 Å². The first kappa shape index (κ1) is 18.8. The minimum Gasteiger partial charge on any atom is -0.464 e. The molecule has 1 aromatic rings. The molecule has 1 aliphatic heterocycles. The molecule has 27 heavy (non-hydrogen) atoms. The molecule has 7 heteroatoms. The third-order valence-corrected chi connectivity index (χ3v) is 6.15. The SMILES string of the molecule is CC1CC1c1ccc(CN(CC(=O)N2CCCC(C(F)(F)F)C2)C2CC2)o1. The molecular weight excluding hydrogens is 357 g/mol. The Morgan fingerprint density at radius 2 is 2.04 bits per heavy atom. The van der Waals surface area contributed by atoms with Gasteiger partial charge < -0.3 is 9.32 Å². The minimum absolute atomic E-state index is 0.119. The van der Waals surface area contributed by atoms with E-state index >= 15 is 0 Å². The van der Waals surface area contributed by atoms with Crippen LogP contribution in [0.25, 0.3) is 0 Å². The Balaban J connectivity index is 1.35. The molecule has 0 aromatic carbocycles. The van der Waals surface area contributed by atoms with Crippen molar-refractivity contribution >= 4 is 5.91 Å². The number of amides is 1. The molecule has 3 unspecified atom stereocenters. The molecule has 2 aliphatic carbocycles. The van der Waals surface area contributed by atoms with Crippen molar-refractivity contribution in [3.8, 4) is 0 Å². The summed E-state index contributed by atoms with van der Waals surface area (Å²) in [5.41, 5.74) is 0. The lowest BCUT2D eigenvalue weighted by Gasteiger charge is -2.35. The molecule has 1 aromatic heterocycles. The van der Waals surface area contributed by atoms with E-state index in [0.29, 0.717) is 37.4 Å². The Labute approximate surface area is 157 Å². The number of piperidine rings is 1. The van der Waals surface area contributed by atoms with Gasteiger partial charge >= 0.3 is 6.18 Å². The normalized spacial score (nSPS) is 28.6. The van der Waals surface area contributed by atoms with Crippen LogP contribution in [0.5, 0.6) is 0 Å². The number of likely N-dealkylation sites (tertiary alicyclic amines) is 1. The molecule has 2 saturated carbocycles. The number of carbonyl (C=O) groups excluding carboxylic acids is 1. The van der Waals surface area contributed by atoms with Gasteiger partial charge in [0.1, 0.15) is 11.5 Å². The highest BCUT2D eigenvalue weighted by molar-refractivity contribution is 5.78. The number of hydrogen-bond donors (Lipinski definition) is 0. The van der Waals surface area contributed by atoms with E-state index in [1.165, 1.54) is 4.90 Å². The molecule has 1 saturated heterocycles. The fourth-order valence-electron chi connectivity index (χ4n) is 4.10. The summed E-state index contributed by atoms with van der Waals surface area (Å²) in [6, 6.07) is 4.33. The van der Waals surface area contributed by atoms with Crippen molar-refractivity contribution in [2.24, 2.45) is 11.8 Å². The molecule has 3 atom stereocenters. The van der Waals surface area contributed by atoms with Crippen molar-refractivity contribution in [2.45, 2.75) is 63.7 Å². The van der Waals surface area contributed by atoms with Crippen LogP contribution in [0, 0.1) is 11.8 Å². The number of rotatable bonds is 6. The van der Waals surface area contributed by atoms with Gasteiger partial charge in [0.15, 0.2) is 0 Å². The fourth-order valence-corrected chi connectivity index (χ4v) is 4.10. The Hall–Kier alpha value is -1.50. The van der Waals surface area contributed by atoms with E-state index in [0.717, 1.165) is 30.8 Å². The molecule has 150 valence electrons. The summed E-state index contributed by atoms with van der Waals surface area (Å²) in [5.74, 6) is 1.46. The molecule has 3 fully saturated rings. The largest absolute Gasteiger partial charge is 0.464 e. The van der Waals surface area contributed by atoms with Gasteiger partial charge in [0.2, 0.25) is 5.91 Å². The zero-order valence-electron chi connectivity index (χ0n) is 15.7. The molecule has 1 amide bonds. The van der Waals surface area contributed by atoms with E-state index in [4.69, 9.17) is 4.42 Å². The second-order valence-electron chi connectivity index (χ2n) is 8.48. The number of furan rings is 1. The lowest BCUT2D eigenvalue weighted by atomic mass is 9.97. The predicted molar refractivity (Wildman–Crippen MR) is 94.0 cm³/mol. The third-order valence-electron chi connectivity index (χ3n) is 6.15. The van der Waals surface area contributed by atoms with Crippen molar-refractivity contribution in [3.63, 3.8) is 0 Å². The van der Waals surface area contributed by atoms with Crippen LogP contribution in [0.1, 0.15) is 56.5 Å². The van der Waals surface area contributed by atoms with Gasteiger partial charge in [0.05, 0.1) is 19.0 Å². The summed E-state index contributed by atoms with van der Waals surface area (Å²) in [6.07, 6.45) is -0.459. The van der Waals surface area contributed by atoms with Gasteiger partial charge in [-0.2, -0.15) is 13.2 Å². The number of hydrogen-bond acceptors (Lipinski definition) is 3. The summed E-state index contributed by atoms with van der Waals surface area (Å²) >= 11 is 0. The first-order chi connectivity index (χ1) is 12.8. The second-order valence-corrected chi connectivity index (χ2v) is 8.48. The van der Waals surface area contributed by atoms with E-state index in [1.807, 2.05) is 12.1 Å². The summed E-state index contributed by atoms with van der Waals surface area (Å²) in [5, 5.41) is 0. The zero-order valence-corrected chi connectivity index (χ0v) is 15.7. The fraction of sp³-hybridized carbons (Fsp3) is 0.750. The van der Waals surface area contributed by atoms with Crippen LogP contribution < -0.4 is 0 Å². The van der Waals surface area contributed by atoms with Crippen LogP contribution in [0.2, 0.25) is 0 Å². The summed E-state index contributed by atoms with van der Waals surface area (Å²) in [4.78, 5) is 16.1. The van der Waals surface area contributed by atoms with E-state index in [-0.39, 0.29) is 25.4 Å². The van der Waals surface area contributed by atoms with E-state index in [1.54, 1.807) is 0 Å². The summed E-state index contributed by atoms with van der Waals surface area (Å²) in [7, 11) is 0. The lowest BCUT2D eigenvalue weighted by molar-refractivity contribution is -0.188. The number of nitrogens with zero attached hydrogens (tertiary/aromatic N) is 2. The van der Waals surface area contributed by atoms with Crippen LogP contribution in [-0.2, 0) is 11.3 Å². The highest BCUT2D eigenvalue weighted by Crippen LogP contribution is 2.47. The molecule has 3 aliphatic rings. The van der Waals surface area contributed by atoms with Gasteiger partial charge in [0.25, 0.3) is 0 Å². The monoisotopic (exact) mass is 384 g/mol. The minimum atomic E-state index is -4.22. The lowest BCUT2D eigenvalue weighted by Crippen LogP contribution is -2.48. The maximum atomic E-state index is 13.0. The van der Waals surface area contributed by atoms with E-state index < -0.39 is 12.1 Å². The summed E-state index contributed by atoms with van der Waals surface area (Å²) < 4.78 is 45.0. The number of carbonyl (C=O) groups is 1. The van der Waals surface area contributed by atoms with Crippen LogP contribution in [0.15, 0.2) is 16.5 Å². The van der Waals surface area contributed by atoms with Gasteiger partial charge in [-0.15, -0.1) is 0 Å². The van der Waals surface area contributed by atoms with Crippen LogP contribution in [0.3, 0.4) is 0 Å². The highest BCUT2D eigenvalue weighted by atomic mass is 19.4. The molecule has 2 heterocycles. The molecule has 0 spiro atoms. The standard InChI is InChI=1S/C20H27F3N2O2/c1-13-9-17(13)18-7-6-16(27-18)11-25(15-4-5-15)12-19(26)24-8-2-3-14(10-24)20(21,22)23/h6-7,13-15,17H,2-5,8-12H2,1H3. The van der Waals surface area contributed by atoms with Crippen molar-refractivity contribution < 1.29 is 22.4 Å². The Morgan fingerprint density at radius 1 is 1.30 bits per heavy atom. The van der Waals surface area contributed by atoms with Crippen molar-refractivity contribution in [1.82, 2.24) is 9.80 Å². The topological polar surface area (TPSA) is 36.7 Å². The van der Waals surface area contributed by atoms with Crippen LogP contribution in [0.4, 0.5) is 13.2 Å². The summed E-state index contributed by atoms with van der Waals surface area (Å²) in [6.45, 7) is 3.15. The van der Waals surface area contributed by atoms with Crippen molar-refractivity contribution in [2.75, 3.05) is 19.6 Å². The highest BCUT2D eigenvalue weighted by Gasteiger charge is 2.43. The molecule has 0 radical (unpaired) electrons. The van der Waals surface area contributed by atoms with E-state index in [2.05, 4.69) is 11.8 Å². The van der Waals surface area contributed by atoms with Crippen LogP contribution >= 0.6 is 0 Å².